The molecule has 0 heterocycles. The monoisotopic (exact) mass is 244 g/mol. The van der Waals surface area contributed by atoms with Gasteiger partial charge in [-0.05, 0) is 30.7 Å². The minimum absolute atomic E-state index is 0.366. The lowest BCUT2D eigenvalue weighted by molar-refractivity contribution is -0.137. The van der Waals surface area contributed by atoms with Crippen LogP contribution in [0.2, 0.25) is 10.0 Å². The van der Waals surface area contributed by atoms with Crippen LogP contribution < -0.4 is 0 Å². The second-order valence-electron chi connectivity index (χ2n) is 2.76. The van der Waals surface area contributed by atoms with E-state index in [4.69, 9.17) is 27.9 Å². The lowest BCUT2D eigenvalue weighted by Gasteiger charge is -1.98. The molecule has 0 spiro atoms. The van der Waals surface area contributed by atoms with Crippen molar-refractivity contribution >= 4 is 35.2 Å². The van der Waals surface area contributed by atoms with E-state index < -0.39 is 0 Å². The van der Waals surface area contributed by atoms with Crippen molar-refractivity contribution in [2.24, 2.45) is 0 Å². The van der Waals surface area contributed by atoms with Gasteiger partial charge in [0.05, 0.1) is 16.7 Å². The second-order valence-corrected chi connectivity index (χ2v) is 3.57. The highest BCUT2D eigenvalue weighted by molar-refractivity contribution is 6.42. The van der Waals surface area contributed by atoms with Gasteiger partial charge in [-0.1, -0.05) is 29.3 Å². The number of ether oxygens (including phenoxy) is 1. The Labute approximate surface area is 98.4 Å². The molecule has 15 heavy (non-hydrogen) atoms. The maximum Gasteiger partial charge on any atom is 0.330 e. The molecule has 0 aromatic heterocycles. The zero-order chi connectivity index (χ0) is 11.3. The van der Waals surface area contributed by atoms with Gasteiger partial charge in [0.2, 0.25) is 0 Å². The SMILES string of the molecule is CCOC(=O)/C=C\c1ccc(Cl)c(Cl)c1. The second kappa shape index (κ2) is 5.79. The van der Waals surface area contributed by atoms with E-state index in [0.29, 0.717) is 16.7 Å². The Balaban J connectivity index is 2.72. The first-order valence-corrected chi connectivity index (χ1v) is 5.19. The molecule has 1 aromatic carbocycles. The topological polar surface area (TPSA) is 26.3 Å². The molecule has 0 radical (unpaired) electrons. The Kier molecular flexibility index (Phi) is 4.66. The third-order valence-electron chi connectivity index (χ3n) is 1.64. The van der Waals surface area contributed by atoms with Crippen LogP contribution in [-0.4, -0.2) is 12.6 Å². The van der Waals surface area contributed by atoms with Crippen LogP contribution in [0.15, 0.2) is 24.3 Å². The molecule has 4 heteroatoms. The minimum atomic E-state index is -0.372. The van der Waals surface area contributed by atoms with E-state index >= 15 is 0 Å². The Hall–Kier alpha value is -0.990. The van der Waals surface area contributed by atoms with Gasteiger partial charge in [-0.3, -0.25) is 0 Å². The van der Waals surface area contributed by atoms with E-state index in [2.05, 4.69) is 0 Å². The first kappa shape index (κ1) is 12.1. The number of hydrogen-bond acceptors (Lipinski definition) is 2. The van der Waals surface area contributed by atoms with Gasteiger partial charge in [0.1, 0.15) is 0 Å². The van der Waals surface area contributed by atoms with E-state index in [1.54, 1.807) is 31.2 Å². The molecule has 0 amide bonds. The normalized spacial score (nSPS) is 10.6. The number of carbonyl (C=O) groups excluding carboxylic acids is 1. The lowest BCUT2D eigenvalue weighted by atomic mass is 10.2. The summed E-state index contributed by atoms with van der Waals surface area (Å²) < 4.78 is 4.73. The Morgan fingerprint density at radius 1 is 1.40 bits per heavy atom. The van der Waals surface area contributed by atoms with E-state index in [0.717, 1.165) is 5.56 Å². The number of rotatable bonds is 3. The lowest BCUT2D eigenvalue weighted by Crippen LogP contribution is -1.98. The molecule has 1 rings (SSSR count). The highest BCUT2D eigenvalue weighted by Crippen LogP contribution is 2.23. The molecule has 0 saturated carbocycles. The maximum absolute atomic E-state index is 11.0. The Morgan fingerprint density at radius 3 is 2.73 bits per heavy atom. The van der Waals surface area contributed by atoms with Gasteiger partial charge in [-0.25, -0.2) is 4.79 Å². The van der Waals surface area contributed by atoms with Crippen molar-refractivity contribution in [1.29, 1.82) is 0 Å². The van der Waals surface area contributed by atoms with Crippen LogP contribution in [0.3, 0.4) is 0 Å². The van der Waals surface area contributed by atoms with Crippen molar-refractivity contribution in [2.45, 2.75) is 6.92 Å². The van der Waals surface area contributed by atoms with Crippen molar-refractivity contribution in [2.75, 3.05) is 6.61 Å². The summed E-state index contributed by atoms with van der Waals surface area (Å²) in [7, 11) is 0. The molecule has 0 aliphatic heterocycles. The zero-order valence-electron chi connectivity index (χ0n) is 8.17. The molecule has 80 valence electrons. The van der Waals surface area contributed by atoms with E-state index in [1.807, 2.05) is 0 Å². The summed E-state index contributed by atoms with van der Waals surface area (Å²) in [6, 6.07) is 5.12. The fraction of sp³-hybridized carbons (Fsp3) is 0.182. The van der Waals surface area contributed by atoms with E-state index in [-0.39, 0.29) is 5.97 Å². The zero-order valence-corrected chi connectivity index (χ0v) is 9.68. The average molecular weight is 245 g/mol. The molecule has 2 nitrogen and oxygen atoms in total. The van der Waals surface area contributed by atoms with Crippen molar-refractivity contribution in [3.63, 3.8) is 0 Å². The predicted octanol–water partition coefficient (Wildman–Crippen LogP) is 3.57. The summed E-state index contributed by atoms with van der Waals surface area (Å²) in [5.74, 6) is -0.372. The van der Waals surface area contributed by atoms with E-state index in [9.17, 15) is 4.79 Å². The van der Waals surface area contributed by atoms with Crippen molar-refractivity contribution < 1.29 is 9.53 Å². The number of halogens is 2. The Bertz CT molecular complexity index is 386. The fourth-order valence-corrected chi connectivity index (χ4v) is 1.28. The highest BCUT2D eigenvalue weighted by Gasteiger charge is 1.98. The quantitative estimate of drug-likeness (QED) is 0.601. The Morgan fingerprint density at radius 2 is 2.13 bits per heavy atom. The van der Waals surface area contributed by atoms with Crippen molar-refractivity contribution in [1.82, 2.24) is 0 Å². The van der Waals surface area contributed by atoms with Gasteiger partial charge >= 0.3 is 5.97 Å². The standard InChI is InChI=1S/C11H10Cl2O2/c1-2-15-11(14)6-4-8-3-5-9(12)10(13)7-8/h3-7H,2H2,1H3/b6-4-. The van der Waals surface area contributed by atoms with Gasteiger partial charge in [0, 0.05) is 6.08 Å². The van der Waals surface area contributed by atoms with Crippen LogP contribution in [0, 0.1) is 0 Å². The first-order chi connectivity index (χ1) is 7.13. The number of hydrogen-bond donors (Lipinski definition) is 0. The van der Waals surface area contributed by atoms with Gasteiger partial charge in [-0.2, -0.15) is 0 Å². The number of benzene rings is 1. The van der Waals surface area contributed by atoms with Crippen molar-refractivity contribution in [3.05, 3.63) is 39.9 Å². The van der Waals surface area contributed by atoms with Crippen LogP contribution in [0.25, 0.3) is 6.08 Å². The fourth-order valence-electron chi connectivity index (χ4n) is 0.971. The third-order valence-corrected chi connectivity index (χ3v) is 2.38. The largest absolute Gasteiger partial charge is 0.463 e. The molecule has 0 saturated heterocycles. The van der Waals surface area contributed by atoms with Crippen LogP contribution in [0.5, 0.6) is 0 Å². The summed E-state index contributed by atoms with van der Waals surface area (Å²) in [4.78, 5) is 11.0. The minimum Gasteiger partial charge on any atom is -0.463 e. The molecule has 0 aliphatic carbocycles. The van der Waals surface area contributed by atoms with Gasteiger partial charge in [0.25, 0.3) is 0 Å². The number of esters is 1. The molecular formula is C11H10Cl2O2. The average Bonchev–Trinajstić information content (AvgIpc) is 2.20. The summed E-state index contributed by atoms with van der Waals surface area (Å²) in [6.07, 6.45) is 2.98. The molecule has 0 aliphatic rings. The summed E-state index contributed by atoms with van der Waals surface area (Å²) in [5.41, 5.74) is 0.803. The predicted molar refractivity (Wildman–Crippen MR) is 62.1 cm³/mol. The van der Waals surface area contributed by atoms with Gasteiger partial charge in [0.15, 0.2) is 0 Å². The van der Waals surface area contributed by atoms with Crippen molar-refractivity contribution in [3.8, 4) is 0 Å². The highest BCUT2D eigenvalue weighted by atomic mass is 35.5. The maximum atomic E-state index is 11.0. The summed E-state index contributed by atoms with van der Waals surface area (Å²) in [6.45, 7) is 2.12. The first-order valence-electron chi connectivity index (χ1n) is 4.43. The van der Waals surface area contributed by atoms with Crippen LogP contribution in [0.1, 0.15) is 12.5 Å². The third kappa shape index (κ3) is 3.94. The van der Waals surface area contributed by atoms with Gasteiger partial charge < -0.3 is 4.74 Å². The number of carbonyl (C=O) groups is 1. The van der Waals surface area contributed by atoms with E-state index in [1.165, 1.54) is 6.08 Å². The molecule has 1 aromatic rings. The molecule has 0 atom stereocenters. The molecular weight excluding hydrogens is 235 g/mol. The van der Waals surface area contributed by atoms with Crippen LogP contribution in [-0.2, 0) is 9.53 Å². The smallest absolute Gasteiger partial charge is 0.330 e. The molecule has 0 bridgehead atoms. The van der Waals surface area contributed by atoms with Gasteiger partial charge in [-0.15, -0.1) is 0 Å². The summed E-state index contributed by atoms with van der Waals surface area (Å²) >= 11 is 11.6. The van der Waals surface area contributed by atoms with Crippen LogP contribution in [0.4, 0.5) is 0 Å². The molecule has 0 fully saturated rings. The van der Waals surface area contributed by atoms with Crippen LogP contribution >= 0.6 is 23.2 Å². The molecule has 0 N–H and O–H groups in total. The molecule has 0 unspecified atom stereocenters. The summed E-state index contributed by atoms with van der Waals surface area (Å²) in [5, 5.41) is 0.952.